The van der Waals surface area contributed by atoms with E-state index in [1.807, 2.05) is 32.9 Å². The molecular formula is C26H32FN3O3. The van der Waals surface area contributed by atoms with Crippen LogP contribution < -0.4 is 5.32 Å². The van der Waals surface area contributed by atoms with Gasteiger partial charge in [0, 0.05) is 37.3 Å². The molecule has 3 rings (SSSR count). The zero-order valence-electron chi connectivity index (χ0n) is 19.5. The normalized spacial score (nSPS) is 15.1. The molecule has 2 aromatic rings. The SMILES string of the molecule is CCN(CC)C(=O)[C@@H](NC(=O)c1ccc(C)cc1)C1CCN(C(=O)c2ccc(F)cc2)CC1. The lowest BCUT2D eigenvalue weighted by Crippen LogP contribution is -2.54. The number of nitrogens with zero attached hydrogens (tertiary/aromatic N) is 2. The Morgan fingerprint density at radius 3 is 2.06 bits per heavy atom. The van der Waals surface area contributed by atoms with Crippen molar-refractivity contribution in [2.24, 2.45) is 5.92 Å². The second-order valence-corrected chi connectivity index (χ2v) is 8.46. The number of hydrogen-bond donors (Lipinski definition) is 1. The van der Waals surface area contributed by atoms with E-state index in [9.17, 15) is 18.8 Å². The molecule has 1 aliphatic rings. The molecule has 1 N–H and O–H groups in total. The standard InChI is InChI=1S/C26H32FN3O3/c1-4-29(5-2)26(33)23(28-24(31)20-8-6-18(3)7-9-20)19-14-16-30(17-15-19)25(32)21-10-12-22(27)13-11-21/h6-13,19,23H,4-5,14-17H2,1-3H3,(H,28,31)/t23-/m0/s1. The van der Waals surface area contributed by atoms with Gasteiger partial charge in [0.15, 0.2) is 0 Å². The zero-order valence-corrected chi connectivity index (χ0v) is 19.5. The van der Waals surface area contributed by atoms with Crippen molar-refractivity contribution in [2.75, 3.05) is 26.2 Å². The minimum atomic E-state index is -0.651. The van der Waals surface area contributed by atoms with Crippen molar-refractivity contribution >= 4 is 17.7 Å². The monoisotopic (exact) mass is 453 g/mol. The minimum Gasteiger partial charge on any atom is -0.341 e. The average Bonchev–Trinajstić information content (AvgIpc) is 2.83. The predicted molar refractivity (Wildman–Crippen MR) is 125 cm³/mol. The highest BCUT2D eigenvalue weighted by atomic mass is 19.1. The lowest BCUT2D eigenvalue weighted by Gasteiger charge is -2.37. The van der Waals surface area contributed by atoms with Gasteiger partial charge in [0.1, 0.15) is 11.9 Å². The lowest BCUT2D eigenvalue weighted by molar-refractivity contribution is -0.134. The summed E-state index contributed by atoms with van der Waals surface area (Å²) in [7, 11) is 0. The second kappa shape index (κ2) is 11.1. The number of amides is 3. The van der Waals surface area contributed by atoms with E-state index in [-0.39, 0.29) is 29.5 Å². The Bertz CT molecular complexity index is 963. The average molecular weight is 454 g/mol. The molecule has 3 amide bonds. The van der Waals surface area contributed by atoms with E-state index in [4.69, 9.17) is 0 Å². The Balaban J connectivity index is 1.72. The van der Waals surface area contributed by atoms with Crippen LogP contribution in [0.5, 0.6) is 0 Å². The zero-order chi connectivity index (χ0) is 24.0. The van der Waals surface area contributed by atoms with Crippen LogP contribution in [0.2, 0.25) is 0 Å². The number of nitrogens with one attached hydrogen (secondary N) is 1. The van der Waals surface area contributed by atoms with Crippen molar-refractivity contribution in [3.8, 4) is 0 Å². The molecule has 0 spiro atoms. The first-order valence-electron chi connectivity index (χ1n) is 11.5. The largest absolute Gasteiger partial charge is 0.341 e. The summed E-state index contributed by atoms with van der Waals surface area (Å²) in [6.07, 6.45) is 1.19. The Morgan fingerprint density at radius 2 is 1.52 bits per heavy atom. The number of carbonyl (C=O) groups is 3. The summed E-state index contributed by atoms with van der Waals surface area (Å²) in [5, 5.41) is 2.98. The second-order valence-electron chi connectivity index (χ2n) is 8.46. The van der Waals surface area contributed by atoms with Gasteiger partial charge >= 0.3 is 0 Å². The Labute approximate surface area is 194 Å². The maximum atomic E-state index is 13.3. The van der Waals surface area contributed by atoms with Crippen LogP contribution in [-0.2, 0) is 4.79 Å². The summed E-state index contributed by atoms with van der Waals surface area (Å²) in [6.45, 7) is 7.87. The number of hydrogen-bond acceptors (Lipinski definition) is 3. The molecule has 2 aromatic carbocycles. The Kier molecular flexibility index (Phi) is 8.20. The van der Waals surface area contributed by atoms with Crippen LogP contribution in [0.4, 0.5) is 4.39 Å². The summed E-state index contributed by atoms with van der Waals surface area (Å²) in [5.74, 6) is -0.977. The van der Waals surface area contributed by atoms with E-state index < -0.39 is 6.04 Å². The van der Waals surface area contributed by atoms with Crippen molar-refractivity contribution in [3.05, 3.63) is 71.0 Å². The van der Waals surface area contributed by atoms with Gasteiger partial charge in [-0.3, -0.25) is 14.4 Å². The molecule has 0 saturated carbocycles. The maximum Gasteiger partial charge on any atom is 0.253 e. The van der Waals surface area contributed by atoms with Crippen molar-refractivity contribution < 1.29 is 18.8 Å². The Morgan fingerprint density at radius 1 is 0.970 bits per heavy atom. The van der Waals surface area contributed by atoms with Crippen LogP contribution in [0.25, 0.3) is 0 Å². The predicted octanol–water partition coefficient (Wildman–Crippen LogP) is 3.65. The van der Waals surface area contributed by atoms with E-state index in [1.54, 1.807) is 21.9 Å². The first-order chi connectivity index (χ1) is 15.8. The molecule has 1 aliphatic heterocycles. The fraction of sp³-hybridized carbons (Fsp3) is 0.423. The van der Waals surface area contributed by atoms with Gasteiger partial charge in [0.25, 0.3) is 11.8 Å². The summed E-state index contributed by atoms with van der Waals surface area (Å²) >= 11 is 0. The van der Waals surface area contributed by atoms with Gasteiger partial charge in [0.2, 0.25) is 5.91 Å². The van der Waals surface area contributed by atoms with Gasteiger partial charge < -0.3 is 15.1 Å². The molecule has 1 heterocycles. The van der Waals surface area contributed by atoms with Gasteiger partial charge in [-0.1, -0.05) is 17.7 Å². The van der Waals surface area contributed by atoms with E-state index in [2.05, 4.69) is 5.32 Å². The van der Waals surface area contributed by atoms with Crippen LogP contribution in [-0.4, -0.2) is 59.7 Å². The smallest absolute Gasteiger partial charge is 0.253 e. The van der Waals surface area contributed by atoms with Crippen molar-refractivity contribution in [3.63, 3.8) is 0 Å². The van der Waals surface area contributed by atoms with Gasteiger partial charge in [-0.2, -0.15) is 0 Å². The van der Waals surface area contributed by atoms with Gasteiger partial charge in [0.05, 0.1) is 0 Å². The van der Waals surface area contributed by atoms with Crippen molar-refractivity contribution in [1.29, 1.82) is 0 Å². The summed E-state index contributed by atoms with van der Waals surface area (Å²) in [5.41, 5.74) is 2.01. The topological polar surface area (TPSA) is 69.7 Å². The highest BCUT2D eigenvalue weighted by molar-refractivity contribution is 5.98. The molecule has 1 fully saturated rings. The molecule has 0 bridgehead atoms. The van der Waals surface area contributed by atoms with Crippen molar-refractivity contribution in [1.82, 2.24) is 15.1 Å². The van der Waals surface area contributed by atoms with Crippen LogP contribution >= 0.6 is 0 Å². The lowest BCUT2D eigenvalue weighted by atomic mass is 9.87. The number of halogens is 1. The number of likely N-dealkylation sites (tertiary alicyclic amines) is 1. The van der Waals surface area contributed by atoms with E-state index in [0.717, 1.165) is 5.56 Å². The van der Waals surface area contributed by atoms with Crippen LogP contribution in [0.15, 0.2) is 48.5 Å². The maximum absolute atomic E-state index is 13.3. The molecule has 1 atom stereocenters. The van der Waals surface area contributed by atoms with E-state index in [1.165, 1.54) is 24.3 Å². The van der Waals surface area contributed by atoms with Gasteiger partial charge in [-0.15, -0.1) is 0 Å². The highest BCUT2D eigenvalue weighted by Gasteiger charge is 2.35. The van der Waals surface area contributed by atoms with Crippen LogP contribution in [0.1, 0.15) is 53.0 Å². The molecule has 7 heteroatoms. The third-order valence-corrected chi connectivity index (χ3v) is 6.33. The summed E-state index contributed by atoms with van der Waals surface area (Å²) in [6, 6.07) is 12.1. The molecule has 0 aliphatic carbocycles. The number of carbonyl (C=O) groups excluding carboxylic acids is 3. The van der Waals surface area contributed by atoms with Gasteiger partial charge in [-0.05, 0) is 75.9 Å². The molecule has 6 nitrogen and oxygen atoms in total. The van der Waals surface area contributed by atoms with Gasteiger partial charge in [-0.25, -0.2) is 4.39 Å². The third kappa shape index (κ3) is 5.97. The molecule has 0 aromatic heterocycles. The number of likely N-dealkylation sites (N-methyl/N-ethyl adjacent to an activating group) is 1. The Hall–Kier alpha value is -3.22. The number of benzene rings is 2. The van der Waals surface area contributed by atoms with E-state index in [0.29, 0.717) is 50.1 Å². The molecule has 0 unspecified atom stereocenters. The third-order valence-electron chi connectivity index (χ3n) is 6.33. The summed E-state index contributed by atoms with van der Waals surface area (Å²) in [4.78, 5) is 42.4. The quantitative estimate of drug-likeness (QED) is 0.696. The molecule has 0 radical (unpaired) electrons. The molecule has 1 saturated heterocycles. The molecular weight excluding hydrogens is 421 g/mol. The molecule has 33 heavy (non-hydrogen) atoms. The van der Waals surface area contributed by atoms with Crippen LogP contribution in [0.3, 0.4) is 0 Å². The minimum absolute atomic E-state index is 0.0789. The number of rotatable bonds is 7. The van der Waals surface area contributed by atoms with E-state index >= 15 is 0 Å². The highest BCUT2D eigenvalue weighted by Crippen LogP contribution is 2.24. The first-order valence-corrected chi connectivity index (χ1v) is 11.5. The fourth-order valence-corrected chi connectivity index (χ4v) is 4.25. The molecule has 176 valence electrons. The summed E-state index contributed by atoms with van der Waals surface area (Å²) < 4.78 is 13.2. The fourth-order valence-electron chi connectivity index (χ4n) is 4.25. The number of piperidine rings is 1. The first kappa shape index (κ1) is 24.4. The van der Waals surface area contributed by atoms with Crippen molar-refractivity contribution in [2.45, 2.75) is 39.7 Å². The van der Waals surface area contributed by atoms with Crippen LogP contribution in [0, 0.1) is 18.7 Å². The number of aryl methyl sites for hydroxylation is 1.